The molecule has 0 radical (unpaired) electrons. The molecular weight excluding hydrogens is 361 g/mol. The summed E-state index contributed by atoms with van der Waals surface area (Å²) in [4.78, 5) is 18.6. The lowest BCUT2D eigenvalue weighted by molar-refractivity contribution is 0.0687. The summed E-state index contributed by atoms with van der Waals surface area (Å²) in [5, 5.41) is 7.48. The van der Waals surface area contributed by atoms with E-state index >= 15 is 0 Å². The van der Waals surface area contributed by atoms with Crippen molar-refractivity contribution < 1.29 is 4.79 Å². The normalized spacial score (nSPS) is 14.5. The highest BCUT2D eigenvalue weighted by Crippen LogP contribution is 2.21. The molecule has 2 aromatic heterocycles. The minimum absolute atomic E-state index is 0. The molecule has 1 saturated heterocycles. The molecule has 0 unspecified atom stereocenters. The summed E-state index contributed by atoms with van der Waals surface area (Å²) in [7, 11) is 1.98. The van der Waals surface area contributed by atoms with Crippen molar-refractivity contribution in [3.63, 3.8) is 0 Å². The van der Waals surface area contributed by atoms with E-state index in [0.717, 1.165) is 44.1 Å². The van der Waals surface area contributed by atoms with Gasteiger partial charge in [0.1, 0.15) is 0 Å². The van der Waals surface area contributed by atoms with Gasteiger partial charge in [-0.15, -0.1) is 24.8 Å². The van der Waals surface area contributed by atoms with Crippen LogP contribution in [0.5, 0.6) is 0 Å². The van der Waals surface area contributed by atoms with Gasteiger partial charge in [0.15, 0.2) is 0 Å². The number of rotatable bonds is 5. The SMILES string of the molecule is CNCCC1CCN(C(=O)c2cnn(-c3cccnc3)c2)CC1.Cl.Cl. The molecule has 6 nitrogen and oxygen atoms in total. The third kappa shape index (κ3) is 5.42. The molecule has 3 heterocycles. The van der Waals surface area contributed by atoms with Gasteiger partial charge in [-0.2, -0.15) is 5.10 Å². The average molecular weight is 386 g/mol. The van der Waals surface area contributed by atoms with Gasteiger partial charge in [0.25, 0.3) is 5.91 Å². The number of piperidine rings is 1. The van der Waals surface area contributed by atoms with Crippen LogP contribution in [-0.4, -0.2) is 52.3 Å². The van der Waals surface area contributed by atoms with Crippen LogP contribution in [0.2, 0.25) is 0 Å². The molecule has 0 aliphatic carbocycles. The minimum Gasteiger partial charge on any atom is -0.339 e. The summed E-state index contributed by atoms with van der Waals surface area (Å²) in [5.74, 6) is 0.803. The Hall–Kier alpha value is -1.63. The van der Waals surface area contributed by atoms with E-state index < -0.39 is 0 Å². The number of pyridine rings is 1. The van der Waals surface area contributed by atoms with E-state index in [2.05, 4.69) is 15.4 Å². The quantitative estimate of drug-likeness (QED) is 0.858. The molecule has 1 fully saturated rings. The number of nitrogens with one attached hydrogen (secondary N) is 1. The van der Waals surface area contributed by atoms with Gasteiger partial charge < -0.3 is 10.2 Å². The largest absolute Gasteiger partial charge is 0.339 e. The lowest BCUT2D eigenvalue weighted by atomic mass is 9.93. The number of hydrogen-bond acceptors (Lipinski definition) is 4. The monoisotopic (exact) mass is 385 g/mol. The first-order valence-electron chi connectivity index (χ1n) is 8.17. The van der Waals surface area contributed by atoms with Crippen molar-refractivity contribution in [1.29, 1.82) is 0 Å². The summed E-state index contributed by atoms with van der Waals surface area (Å²) in [6.45, 7) is 2.73. The molecule has 3 rings (SSSR count). The van der Waals surface area contributed by atoms with E-state index in [0.29, 0.717) is 5.56 Å². The molecular formula is C17H25Cl2N5O. The lowest BCUT2D eigenvalue weighted by Gasteiger charge is -2.31. The molecule has 1 amide bonds. The molecule has 0 spiro atoms. The molecule has 1 aliphatic rings. The Kier molecular flexibility index (Phi) is 8.89. The van der Waals surface area contributed by atoms with Gasteiger partial charge in [0.05, 0.1) is 23.6 Å². The van der Waals surface area contributed by atoms with E-state index in [-0.39, 0.29) is 30.7 Å². The predicted molar refractivity (Wildman–Crippen MR) is 103 cm³/mol. The van der Waals surface area contributed by atoms with Gasteiger partial charge in [0.2, 0.25) is 0 Å². The van der Waals surface area contributed by atoms with Crippen LogP contribution in [0.1, 0.15) is 29.6 Å². The van der Waals surface area contributed by atoms with Gasteiger partial charge in [-0.3, -0.25) is 9.78 Å². The third-order valence-corrected chi connectivity index (χ3v) is 4.44. The topological polar surface area (TPSA) is 63.1 Å². The van der Waals surface area contributed by atoms with Crippen LogP contribution < -0.4 is 5.32 Å². The Labute approximate surface area is 160 Å². The van der Waals surface area contributed by atoms with Gasteiger partial charge in [0, 0.05) is 25.5 Å². The van der Waals surface area contributed by atoms with Crippen LogP contribution in [0, 0.1) is 5.92 Å². The van der Waals surface area contributed by atoms with Crippen LogP contribution in [-0.2, 0) is 0 Å². The molecule has 0 saturated carbocycles. The van der Waals surface area contributed by atoms with E-state index in [4.69, 9.17) is 0 Å². The van der Waals surface area contributed by atoms with Crippen molar-refractivity contribution in [2.45, 2.75) is 19.3 Å². The summed E-state index contributed by atoms with van der Waals surface area (Å²) in [6.07, 6.45) is 10.2. The molecule has 8 heteroatoms. The summed E-state index contributed by atoms with van der Waals surface area (Å²) in [5.41, 5.74) is 1.50. The van der Waals surface area contributed by atoms with Gasteiger partial charge in [-0.05, 0) is 50.9 Å². The Bertz CT molecular complexity index is 641. The van der Waals surface area contributed by atoms with Crippen LogP contribution in [0.15, 0.2) is 36.9 Å². The lowest BCUT2D eigenvalue weighted by Crippen LogP contribution is -2.38. The molecule has 1 aliphatic heterocycles. The van der Waals surface area contributed by atoms with E-state index in [1.54, 1.807) is 29.5 Å². The Balaban J connectivity index is 0.00000156. The van der Waals surface area contributed by atoms with Gasteiger partial charge >= 0.3 is 0 Å². The van der Waals surface area contributed by atoms with Gasteiger partial charge in [-0.25, -0.2) is 4.68 Å². The summed E-state index contributed by atoms with van der Waals surface area (Å²) in [6, 6.07) is 3.77. The summed E-state index contributed by atoms with van der Waals surface area (Å²) >= 11 is 0. The van der Waals surface area contributed by atoms with Crippen molar-refractivity contribution in [2.75, 3.05) is 26.7 Å². The number of halogens is 2. The fraction of sp³-hybridized carbons (Fsp3) is 0.471. The van der Waals surface area contributed by atoms with Crippen LogP contribution in [0.3, 0.4) is 0 Å². The standard InChI is InChI=1S/C17H23N5O.2ClH/c1-18-8-4-14-5-9-21(10-6-14)17(23)15-11-20-22(13-15)16-3-2-7-19-12-16;;/h2-3,7,11-14,18H,4-6,8-10H2,1H3;2*1H. The highest BCUT2D eigenvalue weighted by molar-refractivity contribution is 5.93. The number of nitrogens with zero attached hydrogens (tertiary/aromatic N) is 4. The fourth-order valence-electron chi connectivity index (χ4n) is 3.02. The smallest absolute Gasteiger partial charge is 0.257 e. The van der Waals surface area contributed by atoms with Crippen LogP contribution in [0.4, 0.5) is 0 Å². The molecule has 2 aromatic rings. The molecule has 0 atom stereocenters. The highest BCUT2D eigenvalue weighted by atomic mass is 35.5. The summed E-state index contributed by atoms with van der Waals surface area (Å²) < 4.78 is 1.69. The van der Waals surface area contributed by atoms with Crippen molar-refractivity contribution in [2.24, 2.45) is 5.92 Å². The maximum atomic E-state index is 12.6. The maximum Gasteiger partial charge on any atom is 0.257 e. The van der Waals surface area contributed by atoms with Crippen molar-refractivity contribution in [3.05, 3.63) is 42.5 Å². The number of carbonyl (C=O) groups is 1. The molecule has 0 bridgehead atoms. The zero-order valence-electron chi connectivity index (χ0n) is 14.3. The van der Waals surface area contributed by atoms with Crippen molar-refractivity contribution in [1.82, 2.24) is 25.0 Å². The van der Waals surface area contributed by atoms with E-state index in [1.807, 2.05) is 24.1 Å². The zero-order chi connectivity index (χ0) is 16.1. The Morgan fingerprint density at radius 2 is 2.04 bits per heavy atom. The Morgan fingerprint density at radius 1 is 1.28 bits per heavy atom. The van der Waals surface area contributed by atoms with Crippen LogP contribution in [0.25, 0.3) is 5.69 Å². The maximum absolute atomic E-state index is 12.6. The number of aromatic nitrogens is 3. The second kappa shape index (κ2) is 10.4. The Morgan fingerprint density at radius 3 is 2.68 bits per heavy atom. The van der Waals surface area contributed by atoms with Crippen molar-refractivity contribution in [3.8, 4) is 5.69 Å². The van der Waals surface area contributed by atoms with E-state index in [1.165, 1.54) is 6.42 Å². The zero-order valence-corrected chi connectivity index (χ0v) is 15.9. The number of amides is 1. The van der Waals surface area contributed by atoms with Crippen LogP contribution >= 0.6 is 24.8 Å². The molecule has 25 heavy (non-hydrogen) atoms. The second-order valence-electron chi connectivity index (χ2n) is 6.01. The predicted octanol–water partition coefficient (Wildman–Crippen LogP) is 2.57. The number of hydrogen-bond donors (Lipinski definition) is 1. The van der Waals surface area contributed by atoms with Gasteiger partial charge in [-0.1, -0.05) is 0 Å². The average Bonchev–Trinajstić information content (AvgIpc) is 3.11. The minimum atomic E-state index is 0. The van der Waals surface area contributed by atoms with Crippen molar-refractivity contribution >= 4 is 30.7 Å². The molecule has 0 aromatic carbocycles. The fourth-order valence-corrected chi connectivity index (χ4v) is 3.02. The highest BCUT2D eigenvalue weighted by Gasteiger charge is 2.24. The number of carbonyl (C=O) groups excluding carboxylic acids is 1. The second-order valence-corrected chi connectivity index (χ2v) is 6.01. The molecule has 1 N–H and O–H groups in total. The first kappa shape index (κ1) is 21.4. The number of likely N-dealkylation sites (tertiary alicyclic amines) is 1. The first-order chi connectivity index (χ1) is 11.3. The van der Waals surface area contributed by atoms with E-state index in [9.17, 15) is 4.79 Å². The first-order valence-corrected chi connectivity index (χ1v) is 8.17. The molecule has 138 valence electrons. The third-order valence-electron chi connectivity index (χ3n) is 4.44.